The van der Waals surface area contributed by atoms with Crippen molar-refractivity contribution in [2.24, 2.45) is 5.10 Å². The van der Waals surface area contributed by atoms with Gasteiger partial charge in [-0.25, -0.2) is 10.4 Å². The van der Waals surface area contributed by atoms with Crippen LogP contribution in [0.25, 0.3) is 33.3 Å². The molecule has 0 aliphatic heterocycles. The Morgan fingerprint density at radius 2 is 1.80 bits per heavy atom. The molecule has 3 aromatic carbocycles. The fraction of sp³-hybridized carbons (Fsp3) is 0.0435. The molecular formula is C23H16Cl2N4O. The van der Waals surface area contributed by atoms with Crippen LogP contribution >= 0.6 is 23.2 Å². The number of fused-ring (bicyclic) bond motifs is 2. The Morgan fingerprint density at radius 3 is 2.60 bits per heavy atom. The molecule has 5 nitrogen and oxygen atoms in total. The maximum Gasteiger partial charge on any atom is 0.222 e. The molecule has 0 bridgehead atoms. The van der Waals surface area contributed by atoms with E-state index in [1.54, 1.807) is 0 Å². The maximum absolute atomic E-state index is 6.37. The smallest absolute Gasteiger partial charge is 0.222 e. The molecule has 7 heteroatoms. The van der Waals surface area contributed by atoms with Crippen LogP contribution in [0.15, 0.2) is 76.2 Å². The number of halogens is 2. The molecule has 2 N–H and O–H groups in total. The number of rotatable bonds is 3. The van der Waals surface area contributed by atoms with E-state index in [9.17, 15) is 0 Å². The van der Waals surface area contributed by atoms with Crippen LogP contribution in [0.1, 0.15) is 5.56 Å². The van der Waals surface area contributed by atoms with Gasteiger partial charge in [0.25, 0.3) is 0 Å². The number of aryl methyl sites for hydroxylation is 1. The first-order chi connectivity index (χ1) is 14.6. The average Bonchev–Trinajstić information content (AvgIpc) is 3.16. The molecule has 2 aromatic heterocycles. The summed E-state index contributed by atoms with van der Waals surface area (Å²) in [6, 6.07) is 20.9. The molecule has 0 spiro atoms. The molecule has 148 valence electrons. The lowest BCUT2D eigenvalue weighted by Crippen LogP contribution is -2.08. The van der Waals surface area contributed by atoms with E-state index < -0.39 is 0 Å². The third-order valence-corrected chi connectivity index (χ3v) is 5.48. The van der Waals surface area contributed by atoms with Crippen molar-refractivity contribution in [3.8, 4) is 11.3 Å². The second-order valence-corrected chi connectivity index (χ2v) is 7.77. The van der Waals surface area contributed by atoms with Gasteiger partial charge in [0.15, 0.2) is 0 Å². The van der Waals surface area contributed by atoms with Crippen LogP contribution in [-0.2, 0) is 0 Å². The number of nitrogens with one attached hydrogen (secondary N) is 2. The number of benzene rings is 3. The van der Waals surface area contributed by atoms with Crippen molar-refractivity contribution >= 4 is 51.2 Å². The van der Waals surface area contributed by atoms with E-state index >= 15 is 0 Å². The topological polar surface area (TPSA) is 66.2 Å². The summed E-state index contributed by atoms with van der Waals surface area (Å²) in [5.74, 6) is 1.22. The highest BCUT2D eigenvalue weighted by Gasteiger charge is 2.09. The van der Waals surface area contributed by atoms with Crippen molar-refractivity contribution in [1.82, 2.24) is 9.97 Å². The fourth-order valence-electron chi connectivity index (χ4n) is 3.26. The molecule has 0 saturated heterocycles. The van der Waals surface area contributed by atoms with Crippen LogP contribution in [0.5, 0.6) is 0 Å². The first-order valence-electron chi connectivity index (χ1n) is 9.31. The van der Waals surface area contributed by atoms with Crippen molar-refractivity contribution in [3.05, 3.63) is 87.7 Å². The van der Waals surface area contributed by atoms with Gasteiger partial charge in [0.2, 0.25) is 5.95 Å². The predicted octanol–water partition coefficient (Wildman–Crippen LogP) is 6.52. The maximum atomic E-state index is 6.37. The van der Waals surface area contributed by atoms with Gasteiger partial charge in [-0.1, -0.05) is 35.3 Å². The van der Waals surface area contributed by atoms with E-state index in [0.29, 0.717) is 32.7 Å². The highest BCUT2D eigenvalue weighted by Crippen LogP contribution is 2.27. The molecule has 0 aliphatic rings. The predicted molar refractivity (Wildman–Crippen MR) is 122 cm³/mol. The van der Waals surface area contributed by atoms with Gasteiger partial charge in [0, 0.05) is 27.1 Å². The zero-order valence-electron chi connectivity index (χ0n) is 15.9. The van der Waals surface area contributed by atoms with Gasteiger partial charge in [-0.3, -0.25) is 0 Å². The molecule has 30 heavy (non-hydrogen) atoms. The monoisotopic (exact) mass is 434 g/mol. The van der Waals surface area contributed by atoms with E-state index in [2.05, 4.69) is 20.5 Å². The van der Waals surface area contributed by atoms with Gasteiger partial charge in [0.1, 0.15) is 11.3 Å². The summed E-state index contributed by atoms with van der Waals surface area (Å²) in [6.45, 7) is 1.94. The van der Waals surface area contributed by atoms with Crippen LogP contribution in [0, 0.1) is 6.92 Å². The summed E-state index contributed by atoms with van der Waals surface area (Å²) < 4.78 is 6.15. The number of hydrogen-bond donors (Lipinski definition) is 2. The number of hydrogen-bond acceptors (Lipinski definition) is 4. The van der Waals surface area contributed by atoms with E-state index in [0.717, 1.165) is 27.5 Å². The number of anilines is 1. The van der Waals surface area contributed by atoms with Crippen LogP contribution in [0.2, 0.25) is 10.0 Å². The van der Waals surface area contributed by atoms with Crippen molar-refractivity contribution in [2.75, 3.05) is 5.43 Å². The van der Waals surface area contributed by atoms with Crippen LogP contribution < -0.4 is 10.8 Å². The van der Waals surface area contributed by atoms with Gasteiger partial charge in [-0.2, -0.15) is 5.10 Å². The zero-order chi connectivity index (χ0) is 20.7. The van der Waals surface area contributed by atoms with E-state index in [4.69, 9.17) is 27.6 Å². The fourth-order valence-corrected chi connectivity index (χ4v) is 3.55. The SMILES string of the molecule is Cc1cc2oc(-c3ccc(Cl)cc3)cc(=NNc3nc4ccccc4[nH]3)c2cc1Cl. The standard InChI is InChI=1S/C23H16Cl2N4O/c1-13-10-22-16(11-17(13)25)20(12-21(30-22)14-6-8-15(24)9-7-14)28-29-23-26-18-4-2-3-5-19(18)27-23/h2-12H,1H3,(H2,26,27,29). The number of H-pyrrole nitrogens is 1. The van der Waals surface area contributed by atoms with Crippen molar-refractivity contribution in [2.45, 2.75) is 6.92 Å². The minimum absolute atomic E-state index is 0.552. The number of aromatic nitrogens is 2. The lowest BCUT2D eigenvalue weighted by atomic mass is 10.1. The summed E-state index contributed by atoms with van der Waals surface area (Å²) in [5, 5.41) is 7.38. The second-order valence-electron chi connectivity index (χ2n) is 6.93. The number of nitrogens with zero attached hydrogens (tertiary/aromatic N) is 2. The Morgan fingerprint density at radius 1 is 1.00 bits per heavy atom. The Balaban J connectivity index is 1.66. The minimum Gasteiger partial charge on any atom is -0.456 e. The van der Waals surface area contributed by atoms with Crippen LogP contribution in [0.4, 0.5) is 5.95 Å². The van der Waals surface area contributed by atoms with Gasteiger partial charge >= 0.3 is 0 Å². The Bertz CT molecular complexity index is 1420. The Hall–Kier alpha value is -3.28. The molecule has 0 amide bonds. The third-order valence-electron chi connectivity index (χ3n) is 4.82. The molecule has 5 rings (SSSR count). The van der Waals surface area contributed by atoms with Crippen LogP contribution in [-0.4, -0.2) is 9.97 Å². The van der Waals surface area contributed by atoms with E-state index in [1.165, 1.54) is 0 Å². The Kier molecular flexibility index (Phi) is 4.69. The molecule has 0 saturated carbocycles. The summed E-state index contributed by atoms with van der Waals surface area (Å²) in [6.07, 6.45) is 0. The van der Waals surface area contributed by atoms with Gasteiger partial charge in [-0.15, -0.1) is 0 Å². The van der Waals surface area contributed by atoms with E-state index in [1.807, 2.05) is 73.7 Å². The first-order valence-corrected chi connectivity index (χ1v) is 10.1. The quantitative estimate of drug-likeness (QED) is 0.317. The van der Waals surface area contributed by atoms with Crippen molar-refractivity contribution < 1.29 is 4.42 Å². The molecule has 0 atom stereocenters. The number of para-hydroxylation sites is 2. The molecule has 5 aromatic rings. The van der Waals surface area contributed by atoms with Gasteiger partial charge < -0.3 is 9.40 Å². The lowest BCUT2D eigenvalue weighted by Gasteiger charge is -2.07. The molecule has 0 radical (unpaired) electrons. The van der Waals surface area contributed by atoms with E-state index in [-0.39, 0.29) is 0 Å². The minimum atomic E-state index is 0.552. The average molecular weight is 435 g/mol. The van der Waals surface area contributed by atoms with Crippen molar-refractivity contribution in [1.29, 1.82) is 0 Å². The zero-order valence-corrected chi connectivity index (χ0v) is 17.4. The Labute approximate surface area is 182 Å². The summed E-state index contributed by atoms with van der Waals surface area (Å²) in [4.78, 5) is 7.71. The molecule has 2 heterocycles. The summed E-state index contributed by atoms with van der Waals surface area (Å²) >= 11 is 12.4. The molecule has 0 fully saturated rings. The van der Waals surface area contributed by atoms with Crippen molar-refractivity contribution in [3.63, 3.8) is 0 Å². The van der Waals surface area contributed by atoms with Gasteiger partial charge in [-0.05, 0) is 61.0 Å². The highest BCUT2D eigenvalue weighted by molar-refractivity contribution is 6.32. The summed E-state index contributed by atoms with van der Waals surface area (Å²) in [7, 11) is 0. The first kappa shape index (κ1) is 18.7. The largest absolute Gasteiger partial charge is 0.456 e. The molecular weight excluding hydrogens is 419 g/mol. The second kappa shape index (κ2) is 7.52. The third kappa shape index (κ3) is 3.54. The number of aromatic amines is 1. The number of imidazole rings is 1. The van der Waals surface area contributed by atoms with Crippen LogP contribution in [0.3, 0.4) is 0 Å². The summed E-state index contributed by atoms with van der Waals surface area (Å²) in [5.41, 5.74) is 7.33. The van der Waals surface area contributed by atoms with Gasteiger partial charge in [0.05, 0.1) is 16.4 Å². The highest BCUT2D eigenvalue weighted by atomic mass is 35.5. The molecule has 0 aliphatic carbocycles. The normalized spacial score (nSPS) is 12.0. The molecule has 0 unspecified atom stereocenters. The lowest BCUT2D eigenvalue weighted by molar-refractivity contribution is 0.618.